The third-order valence-electron chi connectivity index (χ3n) is 5.65. The molecule has 2 unspecified atom stereocenters. The largest absolute Gasteiger partial charge is 0.437 e. The van der Waals surface area contributed by atoms with Crippen molar-refractivity contribution in [1.82, 2.24) is 19.6 Å². The van der Waals surface area contributed by atoms with Crippen LogP contribution in [0.2, 0.25) is 0 Å². The monoisotopic (exact) mass is 428 g/mol. The van der Waals surface area contributed by atoms with Crippen LogP contribution in [0.5, 0.6) is 11.6 Å². The van der Waals surface area contributed by atoms with Gasteiger partial charge in [0.05, 0.1) is 16.8 Å². The van der Waals surface area contributed by atoms with Crippen molar-refractivity contribution in [2.45, 2.75) is 30.7 Å². The lowest BCUT2D eigenvalue weighted by Crippen LogP contribution is -2.35. The van der Waals surface area contributed by atoms with Crippen molar-refractivity contribution in [2.75, 3.05) is 13.1 Å². The Morgan fingerprint density at radius 3 is 2.67 bits per heavy atom. The molecule has 158 valence electrons. The summed E-state index contributed by atoms with van der Waals surface area (Å²) in [4.78, 5) is 20.0. The van der Waals surface area contributed by atoms with E-state index in [2.05, 4.69) is 21.9 Å². The number of hydrogen-bond acceptors (Lipinski definition) is 6. The highest BCUT2D eigenvalue weighted by molar-refractivity contribution is 7.89. The van der Waals surface area contributed by atoms with Gasteiger partial charge in [0.2, 0.25) is 21.8 Å². The molecule has 2 atom stereocenters. The zero-order valence-corrected chi connectivity index (χ0v) is 17.5. The number of hydrogen-bond donors (Lipinski definition) is 1. The van der Waals surface area contributed by atoms with Crippen LogP contribution < -0.4 is 10.1 Å². The number of aryl methyl sites for hydroxylation is 1. The molecule has 2 aromatic rings. The summed E-state index contributed by atoms with van der Waals surface area (Å²) in [6.07, 6.45) is 5.93. The van der Waals surface area contributed by atoms with Crippen molar-refractivity contribution in [3.63, 3.8) is 0 Å². The summed E-state index contributed by atoms with van der Waals surface area (Å²) in [7, 11) is -3.64. The van der Waals surface area contributed by atoms with Crippen LogP contribution >= 0.6 is 0 Å². The van der Waals surface area contributed by atoms with Crippen molar-refractivity contribution in [3.8, 4) is 11.6 Å². The number of benzene rings is 1. The van der Waals surface area contributed by atoms with Crippen LogP contribution in [0.1, 0.15) is 18.5 Å². The smallest absolute Gasteiger partial charge is 0.243 e. The molecule has 1 saturated carbocycles. The molecule has 2 aliphatic rings. The van der Waals surface area contributed by atoms with Gasteiger partial charge in [0, 0.05) is 31.4 Å². The highest BCUT2D eigenvalue weighted by Gasteiger charge is 2.45. The number of sulfonamides is 1. The fraction of sp³-hybridized carbons (Fsp3) is 0.381. The Morgan fingerprint density at radius 1 is 1.27 bits per heavy atom. The van der Waals surface area contributed by atoms with Gasteiger partial charge in [0.25, 0.3) is 0 Å². The molecule has 9 heteroatoms. The van der Waals surface area contributed by atoms with Crippen LogP contribution in [0.4, 0.5) is 0 Å². The molecule has 0 bridgehead atoms. The van der Waals surface area contributed by atoms with E-state index in [4.69, 9.17) is 4.74 Å². The van der Waals surface area contributed by atoms with Gasteiger partial charge in [-0.05, 0) is 49.8 Å². The summed E-state index contributed by atoms with van der Waals surface area (Å²) in [5, 5.41) is 2.92. The highest BCUT2D eigenvalue weighted by Crippen LogP contribution is 2.40. The molecule has 2 fully saturated rings. The standard InChI is InChI=1S/C21H24N4O4S/c1-3-20(26)24-17-7-15-12-25(13-16(15)8-17)30(27,28)19-6-4-5-18(9-19)29-21-11-22-10-14(2)23-21/h3-6,9-11,15-17H,1,7-8,12-13H2,2H3,(H,24,26). The predicted octanol–water partition coefficient (Wildman–Crippen LogP) is 2.28. The average molecular weight is 429 g/mol. The fourth-order valence-electron chi connectivity index (χ4n) is 4.29. The number of ether oxygens (including phenoxy) is 1. The van der Waals surface area contributed by atoms with Gasteiger partial charge in [0.1, 0.15) is 5.75 Å². The normalized spacial score (nSPS) is 23.7. The Hall–Kier alpha value is -2.78. The molecule has 1 aliphatic carbocycles. The van der Waals surface area contributed by atoms with Gasteiger partial charge in [-0.2, -0.15) is 4.31 Å². The van der Waals surface area contributed by atoms with Crippen molar-refractivity contribution in [3.05, 3.63) is 55.0 Å². The number of carbonyl (C=O) groups excluding carboxylic acids is 1. The molecule has 1 aliphatic heterocycles. The molecular weight excluding hydrogens is 404 g/mol. The average Bonchev–Trinajstić information content (AvgIpc) is 3.27. The number of nitrogens with one attached hydrogen (secondary N) is 1. The number of aromatic nitrogens is 2. The van der Waals surface area contributed by atoms with Crippen LogP contribution in [-0.2, 0) is 14.8 Å². The van der Waals surface area contributed by atoms with E-state index in [0.29, 0.717) is 30.4 Å². The minimum absolute atomic E-state index is 0.0857. The summed E-state index contributed by atoms with van der Waals surface area (Å²) in [6.45, 7) is 6.20. The maximum Gasteiger partial charge on any atom is 0.243 e. The second-order valence-electron chi connectivity index (χ2n) is 7.80. The van der Waals surface area contributed by atoms with E-state index in [1.807, 2.05) is 0 Å². The molecule has 0 radical (unpaired) electrons. The summed E-state index contributed by atoms with van der Waals surface area (Å²) in [5.41, 5.74) is 0.711. The van der Waals surface area contributed by atoms with Crippen molar-refractivity contribution < 1.29 is 17.9 Å². The maximum atomic E-state index is 13.2. The molecule has 1 N–H and O–H groups in total. The van der Waals surface area contributed by atoms with Crippen LogP contribution in [0.3, 0.4) is 0 Å². The first-order valence-corrected chi connectivity index (χ1v) is 11.3. The van der Waals surface area contributed by atoms with Gasteiger partial charge < -0.3 is 10.1 Å². The second kappa shape index (κ2) is 8.16. The molecule has 1 saturated heterocycles. The Balaban J connectivity index is 1.45. The van der Waals surface area contributed by atoms with Crippen molar-refractivity contribution in [1.29, 1.82) is 0 Å². The predicted molar refractivity (Wildman–Crippen MR) is 110 cm³/mol. The van der Waals surface area contributed by atoms with Gasteiger partial charge in [-0.3, -0.25) is 9.78 Å². The van der Waals surface area contributed by atoms with Crippen LogP contribution in [0.25, 0.3) is 0 Å². The molecule has 30 heavy (non-hydrogen) atoms. The number of amides is 1. The quantitative estimate of drug-likeness (QED) is 0.709. The molecule has 1 amide bonds. The minimum Gasteiger partial charge on any atom is -0.437 e. The van der Waals surface area contributed by atoms with E-state index in [1.54, 1.807) is 35.6 Å². The van der Waals surface area contributed by atoms with E-state index in [-0.39, 0.29) is 28.7 Å². The molecule has 1 aromatic heterocycles. The van der Waals surface area contributed by atoms with Gasteiger partial charge in [-0.25, -0.2) is 13.4 Å². The topological polar surface area (TPSA) is 101 Å². The zero-order valence-electron chi connectivity index (χ0n) is 16.7. The summed E-state index contributed by atoms with van der Waals surface area (Å²) in [5.74, 6) is 1.02. The second-order valence-corrected chi connectivity index (χ2v) is 9.74. The van der Waals surface area contributed by atoms with Gasteiger partial charge >= 0.3 is 0 Å². The Kier molecular flexibility index (Phi) is 5.57. The molecule has 4 rings (SSSR count). The summed E-state index contributed by atoms with van der Waals surface area (Å²) < 4.78 is 33.6. The minimum atomic E-state index is -3.64. The van der Waals surface area contributed by atoms with Gasteiger partial charge in [-0.15, -0.1) is 0 Å². The maximum absolute atomic E-state index is 13.2. The van der Waals surface area contributed by atoms with E-state index >= 15 is 0 Å². The van der Waals surface area contributed by atoms with Crippen LogP contribution in [0.15, 0.2) is 54.2 Å². The zero-order chi connectivity index (χ0) is 21.3. The van der Waals surface area contributed by atoms with Gasteiger partial charge in [-0.1, -0.05) is 12.6 Å². The van der Waals surface area contributed by atoms with E-state index in [1.165, 1.54) is 18.3 Å². The first-order chi connectivity index (χ1) is 14.3. The fourth-order valence-corrected chi connectivity index (χ4v) is 5.88. The first kappa shape index (κ1) is 20.5. The third kappa shape index (κ3) is 4.22. The van der Waals surface area contributed by atoms with E-state index < -0.39 is 10.0 Å². The van der Waals surface area contributed by atoms with Crippen LogP contribution in [-0.4, -0.2) is 47.7 Å². The van der Waals surface area contributed by atoms with Crippen molar-refractivity contribution >= 4 is 15.9 Å². The SMILES string of the molecule is C=CC(=O)NC1CC2CN(S(=O)(=O)c3cccc(Oc4cncc(C)n4)c3)CC2C1. The van der Waals surface area contributed by atoms with Crippen LogP contribution in [0, 0.1) is 18.8 Å². The highest BCUT2D eigenvalue weighted by atomic mass is 32.2. The molecular formula is C21H24N4O4S. The number of rotatable bonds is 6. The number of nitrogens with zero attached hydrogens (tertiary/aromatic N) is 3. The first-order valence-electron chi connectivity index (χ1n) is 9.85. The lowest BCUT2D eigenvalue weighted by molar-refractivity contribution is -0.117. The summed E-state index contributed by atoms with van der Waals surface area (Å²) in [6, 6.07) is 6.52. The molecule has 1 aromatic carbocycles. The lowest BCUT2D eigenvalue weighted by Gasteiger charge is -2.20. The Morgan fingerprint density at radius 2 is 2.00 bits per heavy atom. The number of fused-ring (bicyclic) bond motifs is 1. The van der Waals surface area contributed by atoms with Gasteiger partial charge in [0.15, 0.2) is 0 Å². The summed E-state index contributed by atoms with van der Waals surface area (Å²) >= 11 is 0. The molecule has 2 heterocycles. The molecule has 8 nitrogen and oxygen atoms in total. The van der Waals surface area contributed by atoms with Crippen molar-refractivity contribution in [2.24, 2.45) is 11.8 Å². The Labute approximate surface area is 176 Å². The number of carbonyl (C=O) groups is 1. The third-order valence-corrected chi connectivity index (χ3v) is 7.48. The Bertz CT molecular complexity index is 1060. The lowest BCUT2D eigenvalue weighted by atomic mass is 10.0. The van der Waals surface area contributed by atoms with E-state index in [9.17, 15) is 13.2 Å². The van der Waals surface area contributed by atoms with E-state index in [0.717, 1.165) is 12.8 Å². The molecule has 0 spiro atoms.